The third-order valence-electron chi connectivity index (χ3n) is 5.27. The lowest BCUT2D eigenvalue weighted by Crippen LogP contribution is -2.32. The van der Waals surface area contributed by atoms with Crippen LogP contribution in [0.2, 0.25) is 0 Å². The summed E-state index contributed by atoms with van der Waals surface area (Å²) < 4.78 is 13.0. The zero-order valence-corrected chi connectivity index (χ0v) is 15.0. The summed E-state index contributed by atoms with van der Waals surface area (Å²) in [5, 5.41) is 10.8. The Kier molecular flexibility index (Phi) is 5.87. The van der Waals surface area contributed by atoms with Gasteiger partial charge in [0, 0.05) is 0 Å². The van der Waals surface area contributed by atoms with Gasteiger partial charge in [-0.2, -0.15) is 0 Å². The van der Waals surface area contributed by atoms with E-state index < -0.39 is 5.60 Å². The first-order valence-electron chi connectivity index (χ1n) is 9.36. The van der Waals surface area contributed by atoms with Gasteiger partial charge in [0.05, 0.1) is 5.60 Å². The van der Waals surface area contributed by atoms with E-state index in [1.54, 1.807) is 12.1 Å². The van der Waals surface area contributed by atoms with Gasteiger partial charge >= 0.3 is 0 Å². The zero-order chi connectivity index (χ0) is 17.7. The van der Waals surface area contributed by atoms with Gasteiger partial charge in [-0.15, -0.1) is 0 Å². The van der Waals surface area contributed by atoms with Gasteiger partial charge in [-0.3, -0.25) is 0 Å². The van der Waals surface area contributed by atoms with Crippen molar-refractivity contribution in [2.24, 2.45) is 0 Å². The Bertz CT molecular complexity index is 657. The third-order valence-corrected chi connectivity index (χ3v) is 5.27. The minimum Gasteiger partial charge on any atom is -0.385 e. The summed E-state index contributed by atoms with van der Waals surface area (Å²) >= 11 is 0. The van der Waals surface area contributed by atoms with Crippen LogP contribution in [0.4, 0.5) is 4.39 Å². The number of rotatable bonds is 6. The molecule has 2 aromatic rings. The second kappa shape index (κ2) is 8.11. The molecule has 134 valence electrons. The summed E-state index contributed by atoms with van der Waals surface area (Å²) in [4.78, 5) is 2.51. The van der Waals surface area contributed by atoms with Gasteiger partial charge in [-0.25, -0.2) is 4.39 Å². The van der Waals surface area contributed by atoms with E-state index in [0.29, 0.717) is 0 Å². The van der Waals surface area contributed by atoms with Gasteiger partial charge in [-0.1, -0.05) is 42.8 Å². The molecule has 1 N–H and O–H groups in total. The van der Waals surface area contributed by atoms with E-state index in [4.69, 9.17) is 0 Å². The Hall–Kier alpha value is -1.71. The monoisotopic (exact) mass is 341 g/mol. The van der Waals surface area contributed by atoms with Crippen LogP contribution in [-0.2, 0) is 5.60 Å². The van der Waals surface area contributed by atoms with Crippen LogP contribution in [0.5, 0.6) is 0 Å². The summed E-state index contributed by atoms with van der Waals surface area (Å²) in [6.45, 7) is 5.38. The summed E-state index contributed by atoms with van der Waals surface area (Å²) in [5.74, 6) is -0.225. The molecular weight excluding hydrogens is 313 g/mol. The van der Waals surface area contributed by atoms with Crippen LogP contribution >= 0.6 is 0 Å². The fraction of sp³-hybridized carbons (Fsp3) is 0.455. The Labute approximate surface area is 150 Å². The summed E-state index contributed by atoms with van der Waals surface area (Å²) in [7, 11) is 0. The molecule has 0 radical (unpaired) electrons. The Morgan fingerprint density at radius 2 is 1.48 bits per heavy atom. The molecule has 0 aliphatic carbocycles. The average Bonchev–Trinajstić information content (AvgIpc) is 2.63. The smallest absolute Gasteiger partial charge is 0.123 e. The van der Waals surface area contributed by atoms with Gasteiger partial charge in [0.25, 0.3) is 0 Å². The van der Waals surface area contributed by atoms with Crippen molar-refractivity contribution in [3.8, 4) is 11.1 Å². The molecular formula is C22H28FNO. The molecule has 1 fully saturated rings. The Balaban J connectivity index is 1.58. The number of nitrogens with zero attached hydrogens (tertiary/aromatic N) is 1. The molecule has 3 heteroatoms. The molecule has 1 heterocycles. The van der Waals surface area contributed by atoms with E-state index in [1.165, 1.54) is 44.5 Å². The Morgan fingerprint density at radius 3 is 2.08 bits per heavy atom. The van der Waals surface area contributed by atoms with Gasteiger partial charge in [0.2, 0.25) is 0 Å². The average molecular weight is 341 g/mol. The normalized spacial score (nSPS) is 18.0. The van der Waals surface area contributed by atoms with Crippen LogP contribution in [0.15, 0.2) is 48.5 Å². The maximum Gasteiger partial charge on any atom is 0.123 e. The molecule has 0 saturated carbocycles. The van der Waals surface area contributed by atoms with Gasteiger partial charge in [0.1, 0.15) is 5.82 Å². The SMILES string of the molecule is CC(O)(CCCN1CCCCC1)c1ccc(-c2ccc(F)cc2)cc1. The highest BCUT2D eigenvalue weighted by Crippen LogP contribution is 2.29. The van der Waals surface area contributed by atoms with Crippen molar-refractivity contribution in [3.63, 3.8) is 0 Å². The first kappa shape index (κ1) is 18.1. The van der Waals surface area contributed by atoms with Crippen LogP contribution in [0.1, 0.15) is 44.6 Å². The van der Waals surface area contributed by atoms with Crippen molar-refractivity contribution in [2.75, 3.05) is 19.6 Å². The third kappa shape index (κ3) is 4.90. The second-order valence-electron chi connectivity index (χ2n) is 7.36. The molecule has 2 nitrogen and oxygen atoms in total. The van der Waals surface area contributed by atoms with Crippen LogP contribution in [0, 0.1) is 5.82 Å². The number of benzene rings is 2. The molecule has 1 atom stereocenters. The molecule has 0 amide bonds. The fourth-order valence-electron chi connectivity index (χ4n) is 3.64. The molecule has 3 rings (SSSR count). The van der Waals surface area contributed by atoms with Gasteiger partial charge < -0.3 is 10.0 Å². The van der Waals surface area contributed by atoms with E-state index in [-0.39, 0.29) is 5.82 Å². The lowest BCUT2D eigenvalue weighted by molar-refractivity contribution is 0.0416. The van der Waals surface area contributed by atoms with Crippen LogP contribution in [0.3, 0.4) is 0 Å². The molecule has 0 bridgehead atoms. The molecule has 25 heavy (non-hydrogen) atoms. The minimum atomic E-state index is -0.808. The lowest BCUT2D eigenvalue weighted by atomic mass is 9.89. The van der Waals surface area contributed by atoms with Crippen molar-refractivity contribution in [1.29, 1.82) is 0 Å². The largest absolute Gasteiger partial charge is 0.385 e. The van der Waals surface area contributed by atoms with Crippen molar-refractivity contribution in [3.05, 3.63) is 59.9 Å². The van der Waals surface area contributed by atoms with Gasteiger partial charge in [-0.05, 0) is 81.1 Å². The highest BCUT2D eigenvalue weighted by Gasteiger charge is 2.23. The topological polar surface area (TPSA) is 23.5 Å². The van der Waals surface area contributed by atoms with Crippen molar-refractivity contribution >= 4 is 0 Å². The highest BCUT2D eigenvalue weighted by molar-refractivity contribution is 5.63. The van der Waals surface area contributed by atoms with Crippen molar-refractivity contribution in [2.45, 2.75) is 44.6 Å². The Morgan fingerprint density at radius 1 is 0.920 bits per heavy atom. The maximum atomic E-state index is 13.0. The number of likely N-dealkylation sites (tertiary alicyclic amines) is 1. The molecule has 0 spiro atoms. The van der Waals surface area contributed by atoms with E-state index in [0.717, 1.165) is 36.1 Å². The van der Waals surface area contributed by atoms with E-state index >= 15 is 0 Å². The number of hydrogen-bond acceptors (Lipinski definition) is 2. The molecule has 2 aromatic carbocycles. The molecule has 1 saturated heterocycles. The standard InChI is InChI=1S/C22H28FNO/c1-22(25,14-5-17-24-15-3-2-4-16-24)20-10-6-18(7-11-20)19-8-12-21(23)13-9-19/h6-13,25H,2-5,14-17H2,1H3. The first-order valence-corrected chi connectivity index (χ1v) is 9.36. The number of halogens is 1. The van der Waals surface area contributed by atoms with Crippen LogP contribution in [-0.4, -0.2) is 29.6 Å². The summed E-state index contributed by atoms with van der Waals surface area (Å²) in [6, 6.07) is 14.5. The minimum absolute atomic E-state index is 0.225. The highest BCUT2D eigenvalue weighted by atomic mass is 19.1. The molecule has 1 unspecified atom stereocenters. The van der Waals surface area contributed by atoms with Crippen molar-refractivity contribution in [1.82, 2.24) is 4.90 Å². The molecule has 1 aliphatic rings. The number of aliphatic hydroxyl groups is 1. The first-order chi connectivity index (χ1) is 12.0. The van der Waals surface area contributed by atoms with Crippen LogP contribution < -0.4 is 0 Å². The van der Waals surface area contributed by atoms with E-state index in [9.17, 15) is 9.50 Å². The molecule has 1 aliphatic heterocycles. The number of hydrogen-bond donors (Lipinski definition) is 1. The van der Waals surface area contributed by atoms with Gasteiger partial charge in [0.15, 0.2) is 0 Å². The fourth-order valence-corrected chi connectivity index (χ4v) is 3.64. The van der Waals surface area contributed by atoms with Crippen LogP contribution in [0.25, 0.3) is 11.1 Å². The summed E-state index contributed by atoms with van der Waals surface area (Å²) in [6.07, 6.45) is 5.74. The molecule has 0 aromatic heterocycles. The summed E-state index contributed by atoms with van der Waals surface area (Å²) in [5.41, 5.74) is 2.15. The maximum absolute atomic E-state index is 13.0. The predicted octanol–water partition coefficient (Wildman–Crippen LogP) is 4.97. The lowest BCUT2D eigenvalue weighted by Gasteiger charge is -2.29. The second-order valence-corrected chi connectivity index (χ2v) is 7.36. The van der Waals surface area contributed by atoms with E-state index in [1.807, 2.05) is 31.2 Å². The quantitative estimate of drug-likeness (QED) is 0.802. The zero-order valence-electron chi connectivity index (χ0n) is 15.0. The van der Waals surface area contributed by atoms with E-state index in [2.05, 4.69) is 4.90 Å². The number of piperidine rings is 1. The van der Waals surface area contributed by atoms with Crippen molar-refractivity contribution < 1.29 is 9.50 Å². The predicted molar refractivity (Wildman–Crippen MR) is 101 cm³/mol.